The lowest BCUT2D eigenvalue weighted by Gasteiger charge is -2.14. The SMILES string of the molecule is NC1=CC=C(c2ccc(F)s2)c2nc(-c3n[nH]c4cnc(-c5cncc(CN6CCCC6)c5)cc34)[nH]c2C1. The number of H-pyrrole nitrogens is 2. The number of allylic oxidation sites excluding steroid dienone is 3. The summed E-state index contributed by atoms with van der Waals surface area (Å²) in [6, 6.07) is 7.43. The van der Waals surface area contributed by atoms with E-state index in [0.29, 0.717) is 23.6 Å². The number of hydrogen-bond acceptors (Lipinski definition) is 7. The third-order valence-corrected chi connectivity index (χ3v) is 7.99. The van der Waals surface area contributed by atoms with Gasteiger partial charge >= 0.3 is 0 Å². The maximum Gasteiger partial charge on any atom is 0.176 e. The Morgan fingerprint density at radius 2 is 1.95 bits per heavy atom. The molecule has 5 aromatic heterocycles. The maximum atomic E-state index is 13.8. The van der Waals surface area contributed by atoms with Crippen molar-refractivity contribution in [1.29, 1.82) is 0 Å². The van der Waals surface area contributed by atoms with E-state index < -0.39 is 0 Å². The molecule has 1 saturated heterocycles. The molecule has 0 spiro atoms. The quantitative estimate of drug-likeness (QED) is 0.297. The molecule has 5 aromatic rings. The van der Waals surface area contributed by atoms with Crippen LogP contribution < -0.4 is 5.73 Å². The lowest BCUT2D eigenvalue weighted by Crippen LogP contribution is -2.18. The summed E-state index contributed by atoms with van der Waals surface area (Å²) in [5, 5.41) is 8.31. The Hall–Kier alpha value is -4.15. The molecule has 1 aliphatic heterocycles. The third kappa shape index (κ3) is 4.21. The van der Waals surface area contributed by atoms with Gasteiger partial charge in [0, 0.05) is 58.2 Å². The van der Waals surface area contributed by atoms with Crippen LogP contribution >= 0.6 is 11.3 Å². The summed E-state index contributed by atoms with van der Waals surface area (Å²) in [4.78, 5) is 20.8. The molecule has 7 rings (SSSR count). The van der Waals surface area contributed by atoms with Crippen LogP contribution in [0.3, 0.4) is 0 Å². The first kappa shape index (κ1) is 23.0. The van der Waals surface area contributed by atoms with E-state index in [1.165, 1.54) is 24.5 Å². The smallest absolute Gasteiger partial charge is 0.176 e. The molecule has 0 amide bonds. The summed E-state index contributed by atoms with van der Waals surface area (Å²) >= 11 is 1.09. The molecule has 0 bridgehead atoms. The van der Waals surface area contributed by atoms with Crippen molar-refractivity contribution >= 4 is 27.8 Å². The number of nitrogens with zero attached hydrogens (tertiary/aromatic N) is 5. The fraction of sp³-hybridized carbons (Fsp3) is 0.214. The standard InChI is InChI=1S/C28H25FN8S/c29-25-6-5-24(38-25)19-4-3-18(30)10-22-26(19)34-28(33-22)27-20-11-21(32-14-23(20)35-36-27)17-9-16(12-31-13-17)15-37-7-1-2-8-37/h3-6,9,11-14H,1-2,7-8,10,15,30H2,(H,33,34)(H,35,36). The molecule has 38 heavy (non-hydrogen) atoms. The Morgan fingerprint density at radius 1 is 1.05 bits per heavy atom. The third-order valence-electron chi connectivity index (χ3n) is 7.08. The normalized spacial score (nSPS) is 15.9. The van der Waals surface area contributed by atoms with Gasteiger partial charge in [0.15, 0.2) is 11.0 Å². The molecule has 2 aliphatic rings. The average Bonchev–Trinajstić information content (AvgIpc) is 3.72. The van der Waals surface area contributed by atoms with Crippen LogP contribution in [0.25, 0.3) is 39.3 Å². The Labute approximate surface area is 222 Å². The second kappa shape index (κ2) is 9.30. The molecule has 0 radical (unpaired) electrons. The number of rotatable bonds is 5. The fourth-order valence-corrected chi connectivity index (χ4v) is 5.99. The molecule has 0 atom stereocenters. The first-order valence-corrected chi connectivity index (χ1v) is 13.4. The zero-order valence-corrected chi connectivity index (χ0v) is 21.4. The van der Waals surface area contributed by atoms with Crippen molar-refractivity contribution in [2.75, 3.05) is 13.1 Å². The molecule has 0 aromatic carbocycles. The van der Waals surface area contributed by atoms with Gasteiger partial charge in [0.25, 0.3) is 0 Å². The predicted molar refractivity (Wildman–Crippen MR) is 147 cm³/mol. The van der Waals surface area contributed by atoms with E-state index in [2.05, 4.69) is 36.1 Å². The number of halogens is 1. The van der Waals surface area contributed by atoms with E-state index in [-0.39, 0.29) is 5.13 Å². The highest BCUT2D eigenvalue weighted by atomic mass is 32.1. The van der Waals surface area contributed by atoms with Crippen LogP contribution in [0.4, 0.5) is 4.39 Å². The van der Waals surface area contributed by atoms with Crippen LogP contribution in [0.2, 0.25) is 0 Å². The number of nitrogens with one attached hydrogen (secondary N) is 2. The summed E-state index contributed by atoms with van der Waals surface area (Å²) in [5.41, 5.74) is 13.9. The summed E-state index contributed by atoms with van der Waals surface area (Å²) in [6.07, 6.45) is 12.4. The van der Waals surface area contributed by atoms with E-state index in [9.17, 15) is 4.39 Å². The molecule has 0 unspecified atom stereocenters. The van der Waals surface area contributed by atoms with E-state index in [1.807, 2.05) is 30.6 Å². The Bertz CT molecular complexity index is 1720. The predicted octanol–water partition coefficient (Wildman–Crippen LogP) is 5.04. The van der Waals surface area contributed by atoms with Crippen molar-refractivity contribution in [2.24, 2.45) is 5.73 Å². The van der Waals surface area contributed by atoms with Crippen molar-refractivity contribution < 1.29 is 4.39 Å². The summed E-state index contributed by atoms with van der Waals surface area (Å²) < 4.78 is 13.8. The second-order valence-corrected chi connectivity index (χ2v) is 10.8. The van der Waals surface area contributed by atoms with Gasteiger partial charge in [-0.25, -0.2) is 4.98 Å². The van der Waals surface area contributed by atoms with Gasteiger partial charge in [-0.2, -0.15) is 9.49 Å². The van der Waals surface area contributed by atoms with Crippen molar-refractivity contribution in [1.82, 2.24) is 35.0 Å². The number of imidazole rings is 1. The number of nitrogens with two attached hydrogens (primary N) is 1. The highest BCUT2D eigenvalue weighted by Crippen LogP contribution is 2.35. The lowest BCUT2D eigenvalue weighted by atomic mass is 10.1. The topological polar surface area (TPSA) is 112 Å². The monoisotopic (exact) mass is 524 g/mol. The summed E-state index contributed by atoms with van der Waals surface area (Å²) in [6.45, 7) is 3.18. The molecule has 1 fully saturated rings. The fourth-order valence-electron chi connectivity index (χ4n) is 5.23. The molecule has 10 heteroatoms. The highest BCUT2D eigenvalue weighted by molar-refractivity contribution is 7.11. The minimum Gasteiger partial charge on any atom is -0.402 e. The Morgan fingerprint density at radius 3 is 2.79 bits per heavy atom. The molecule has 8 nitrogen and oxygen atoms in total. The van der Waals surface area contributed by atoms with Gasteiger partial charge in [-0.05, 0) is 67.9 Å². The number of aromatic nitrogens is 6. The number of likely N-dealkylation sites (tertiary alicyclic amines) is 1. The maximum absolute atomic E-state index is 13.8. The Kier molecular flexibility index (Phi) is 5.63. The molecular weight excluding hydrogens is 499 g/mol. The van der Waals surface area contributed by atoms with Crippen LogP contribution in [0.15, 0.2) is 60.7 Å². The zero-order chi connectivity index (χ0) is 25.6. The number of hydrogen-bond donors (Lipinski definition) is 3. The Balaban J connectivity index is 1.26. The second-order valence-electron chi connectivity index (χ2n) is 9.77. The molecule has 0 saturated carbocycles. The number of pyridine rings is 2. The first-order chi connectivity index (χ1) is 18.6. The minimum absolute atomic E-state index is 0.239. The van der Waals surface area contributed by atoms with Crippen LogP contribution in [0, 0.1) is 5.13 Å². The summed E-state index contributed by atoms with van der Waals surface area (Å²) in [5.74, 6) is 0.622. The molecule has 4 N–H and O–H groups in total. The van der Waals surface area contributed by atoms with Crippen LogP contribution in [-0.4, -0.2) is 48.1 Å². The van der Waals surface area contributed by atoms with Crippen LogP contribution in [0.1, 0.15) is 34.7 Å². The highest BCUT2D eigenvalue weighted by Gasteiger charge is 2.23. The van der Waals surface area contributed by atoms with Crippen molar-refractivity contribution in [2.45, 2.75) is 25.8 Å². The lowest BCUT2D eigenvalue weighted by molar-refractivity contribution is 0.331. The largest absolute Gasteiger partial charge is 0.402 e. The van der Waals surface area contributed by atoms with Gasteiger partial charge in [-0.15, -0.1) is 11.3 Å². The van der Waals surface area contributed by atoms with E-state index in [0.717, 1.165) is 75.0 Å². The van der Waals surface area contributed by atoms with E-state index >= 15 is 0 Å². The minimum atomic E-state index is -0.239. The zero-order valence-electron chi connectivity index (χ0n) is 20.5. The van der Waals surface area contributed by atoms with Crippen molar-refractivity contribution in [3.05, 3.63) is 87.7 Å². The molecule has 1 aliphatic carbocycles. The van der Waals surface area contributed by atoms with Gasteiger partial charge in [0.05, 0.1) is 23.1 Å². The molecule has 190 valence electrons. The number of thiophene rings is 1. The molecule has 6 heterocycles. The van der Waals surface area contributed by atoms with Crippen LogP contribution in [-0.2, 0) is 13.0 Å². The van der Waals surface area contributed by atoms with Gasteiger partial charge in [0.2, 0.25) is 0 Å². The van der Waals surface area contributed by atoms with Gasteiger partial charge in [0.1, 0.15) is 5.69 Å². The van der Waals surface area contributed by atoms with Gasteiger partial charge < -0.3 is 10.7 Å². The van der Waals surface area contributed by atoms with E-state index in [1.54, 1.807) is 12.3 Å². The van der Waals surface area contributed by atoms with Crippen molar-refractivity contribution in [3.63, 3.8) is 0 Å². The number of fused-ring (bicyclic) bond motifs is 2. The number of aromatic amines is 2. The molecular formula is C28H25FN8S. The van der Waals surface area contributed by atoms with Crippen LogP contribution in [0.5, 0.6) is 0 Å². The van der Waals surface area contributed by atoms with E-state index in [4.69, 9.17) is 10.7 Å². The van der Waals surface area contributed by atoms with Crippen molar-refractivity contribution in [3.8, 4) is 22.8 Å². The first-order valence-electron chi connectivity index (χ1n) is 12.6. The van der Waals surface area contributed by atoms with Gasteiger partial charge in [-0.3, -0.25) is 20.0 Å². The summed E-state index contributed by atoms with van der Waals surface area (Å²) in [7, 11) is 0. The average molecular weight is 525 g/mol. The van der Waals surface area contributed by atoms with Gasteiger partial charge in [-0.1, -0.05) is 0 Å².